The van der Waals surface area contributed by atoms with Crippen molar-refractivity contribution in [2.75, 3.05) is 6.61 Å². The number of nitriles is 1. The van der Waals surface area contributed by atoms with E-state index in [1.807, 2.05) is 0 Å². The van der Waals surface area contributed by atoms with E-state index in [1.165, 1.54) is 0 Å². The van der Waals surface area contributed by atoms with Crippen molar-refractivity contribution < 1.29 is 19.1 Å². The van der Waals surface area contributed by atoms with E-state index in [2.05, 4.69) is 22.0 Å². The molecule has 0 heterocycles. The molecule has 0 radical (unpaired) electrons. The number of rotatable bonds is 6. The van der Waals surface area contributed by atoms with Crippen molar-refractivity contribution in [1.82, 2.24) is 0 Å². The molecule has 0 aliphatic carbocycles. The molecular formula is C18H22BrNO4. The Kier molecular flexibility index (Phi) is 6.97. The lowest BCUT2D eigenvalue weighted by atomic mass is 9.77. The van der Waals surface area contributed by atoms with Crippen LogP contribution in [0.4, 0.5) is 0 Å². The van der Waals surface area contributed by atoms with Gasteiger partial charge in [0.1, 0.15) is 5.60 Å². The molecule has 0 aliphatic heterocycles. The minimum atomic E-state index is -1.55. The molecule has 0 saturated heterocycles. The number of hydrogen-bond acceptors (Lipinski definition) is 5. The fourth-order valence-corrected chi connectivity index (χ4v) is 2.42. The van der Waals surface area contributed by atoms with Gasteiger partial charge in [-0.2, -0.15) is 5.26 Å². The standard InChI is InChI=1S/C18H22BrNO4/c1-5-23-15(21)10-11-18(12-20,16(22)24-17(2,3)4)13-6-8-14(19)9-7-13/h6-9H,5,10-11H2,1-4H3. The normalized spacial score (nSPS) is 13.5. The molecule has 0 spiro atoms. The second kappa shape index (κ2) is 8.29. The predicted octanol–water partition coefficient (Wildman–Crippen LogP) is 3.90. The van der Waals surface area contributed by atoms with Crippen LogP contribution in [0.1, 0.15) is 46.1 Å². The van der Waals surface area contributed by atoms with Crippen molar-refractivity contribution in [3.8, 4) is 6.07 Å². The highest BCUT2D eigenvalue weighted by molar-refractivity contribution is 9.10. The summed E-state index contributed by atoms with van der Waals surface area (Å²) in [6.45, 7) is 7.17. The Morgan fingerprint density at radius 3 is 2.25 bits per heavy atom. The summed E-state index contributed by atoms with van der Waals surface area (Å²) in [6.07, 6.45) is -0.0460. The summed E-state index contributed by atoms with van der Waals surface area (Å²) in [5, 5.41) is 9.79. The third-order valence-corrected chi connectivity index (χ3v) is 3.81. The van der Waals surface area contributed by atoms with Crippen LogP contribution in [0.3, 0.4) is 0 Å². The van der Waals surface area contributed by atoms with Gasteiger partial charge in [0.25, 0.3) is 0 Å². The Labute approximate surface area is 151 Å². The van der Waals surface area contributed by atoms with Crippen LogP contribution in [0.25, 0.3) is 0 Å². The number of benzene rings is 1. The maximum absolute atomic E-state index is 12.8. The molecule has 1 aromatic carbocycles. The summed E-state index contributed by atoms with van der Waals surface area (Å²) in [7, 11) is 0. The molecule has 24 heavy (non-hydrogen) atoms. The van der Waals surface area contributed by atoms with Crippen LogP contribution in [0.5, 0.6) is 0 Å². The zero-order valence-electron chi connectivity index (χ0n) is 14.4. The third kappa shape index (κ3) is 5.34. The molecular weight excluding hydrogens is 374 g/mol. The lowest BCUT2D eigenvalue weighted by Gasteiger charge is -2.29. The first kappa shape index (κ1) is 20.2. The summed E-state index contributed by atoms with van der Waals surface area (Å²) in [5.41, 5.74) is -1.80. The van der Waals surface area contributed by atoms with Gasteiger partial charge in [-0.1, -0.05) is 28.1 Å². The van der Waals surface area contributed by atoms with Gasteiger partial charge in [0, 0.05) is 10.9 Å². The van der Waals surface area contributed by atoms with E-state index >= 15 is 0 Å². The average molecular weight is 396 g/mol. The molecule has 1 rings (SSSR count). The molecule has 1 unspecified atom stereocenters. The molecule has 130 valence electrons. The topological polar surface area (TPSA) is 76.4 Å². The summed E-state index contributed by atoms with van der Waals surface area (Å²) < 4.78 is 11.2. The van der Waals surface area contributed by atoms with Crippen LogP contribution in [-0.4, -0.2) is 24.1 Å². The average Bonchev–Trinajstić information content (AvgIpc) is 2.48. The lowest BCUT2D eigenvalue weighted by Crippen LogP contribution is -2.40. The van der Waals surface area contributed by atoms with Gasteiger partial charge in [0.05, 0.1) is 12.7 Å². The fourth-order valence-electron chi connectivity index (χ4n) is 2.15. The van der Waals surface area contributed by atoms with E-state index in [-0.39, 0.29) is 19.4 Å². The number of hydrogen-bond donors (Lipinski definition) is 0. The first-order chi connectivity index (χ1) is 11.1. The molecule has 0 amide bonds. The van der Waals surface area contributed by atoms with Crippen LogP contribution < -0.4 is 0 Å². The van der Waals surface area contributed by atoms with Gasteiger partial charge in [-0.05, 0) is 51.8 Å². The summed E-state index contributed by atoms with van der Waals surface area (Å²) >= 11 is 3.33. The van der Waals surface area contributed by atoms with Crippen molar-refractivity contribution in [3.63, 3.8) is 0 Å². The number of ether oxygens (including phenoxy) is 2. The Morgan fingerprint density at radius 1 is 1.21 bits per heavy atom. The van der Waals surface area contributed by atoms with E-state index in [1.54, 1.807) is 52.0 Å². The predicted molar refractivity (Wildman–Crippen MR) is 93.1 cm³/mol. The summed E-state index contributed by atoms with van der Waals surface area (Å²) in [4.78, 5) is 24.5. The zero-order chi connectivity index (χ0) is 18.4. The van der Waals surface area contributed by atoms with Gasteiger partial charge >= 0.3 is 11.9 Å². The quantitative estimate of drug-likeness (QED) is 0.682. The Morgan fingerprint density at radius 2 is 1.79 bits per heavy atom. The molecule has 0 saturated carbocycles. The van der Waals surface area contributed by atoms with Gasteiger partial charge in [-0.15, -0.1) is 0 Å². The van der Waals surface area contributed by atoms with Crippen molar-refractivity contribution in [3.05, 3.63) is 34.3 Å². The Hall–Kier alpha value is -1.87. The highest BCUT2D eigenvalue weighted by Crippen LogP contribution is 2.33. The van der Waals surface area contributed by atoms with Gasteiger partial charge in [0.2, 0.25) is 0 Å². The number of carbonyl (C=O) groups excluding carboxylic acids is 2. The lowest BCUT2D eigenvalue weighted by molar-refractivity contribution is -0.160. The minimum absolute atomic E-state index is 0.00111. The van der Waals surface area contributed by atoms with Crippen molar-refractivity contribution in [2.24, 2.45) is 0 Å². The zero-order valence-corrected chi connectivity index (χ0v) is 16.0. The van der Waals surface area contributed by atoms with Crippen LogP contribution >= 0.6 is 15.9 Å². The Balaban J connectivity index is 3.22. The van der Waals surface area contributed by atoms with Gasteiger partial charge in [0.15, 0.2) is 5.41 Å². The SMILES string of the molecule is CCOC(=O)CCC(C#N)(C(=O)OC(C)(C)C)c1ccc(Br)cc1. The second-order valence-corrected chi connectivity index (χ2v) is 7.25. The second-order valence-electron chi connectivity index (χ2n) is 6.33. The summed E-state index contributed by atoms with van der Waals surface area (Å²) in [5.74, 6) is -1.11. The summed E-state index contributed by atoms with van der Waals surface area (Å²) in [6, 6.07) is 8.93. The van der Waals surface area contributed by atoms with Gasteiger partial charge < -0.3 is 9.47 Å². The molecule has 0 aromatic heterocycles. The van der Waals surface area contributed by atoms with Gasteiger partial charge in [-0.3, -0.25) is 4.79 Å². The minimum Gasteiger partial charge on any atom is -0.466 e. The van der Waals surface area contributed by atoms with E-state index in [0.717, 1.165) is 4.47 Å². The van der Waals surface area contributed by atoms with Crippen molar-refractivity contribution in [2.45, 2.75) is 51.6 Å². The number of nitrogens with zero attached hydrogens (tertiary/aromatic N) is 1. The highest BCUT2D eigenvalue weighted by atomic mass is 79.9. The molecule has 6 heteroatoms. The van der Waals surface area contributed by atoms with E-state index in [0.29, 0.717) is 5.56 Å². The fraction of sp³-hybridized carbons (Fsp3) is 0.500. The molecule has 0 bridgehead atoms. The molecule has 1 aromatic rings. The Bertz CT molecular complexity index is 628. The van der Waals surface area contributed by atoms with E-state index in [4.69, 9.17) is 9.47 Å². The van der Waals surface area contributed by atoms with E-state index in [9.17, 15) is 14.9 Å². The monoisotopic (exact) mass is 395 g/mol. The molecule has 1 atom stereocenters. The number of esters is 2. The largest absolute Gasteiger partial charge is 0.466 e. The maximum atomic E-state index is 12.8. The third-order valence-electron chi connectivity index (χ3n) is 3.28. The first-order valence-electron chi connectivity index (χ1n) is 7.71. The number of halogens is 1. The van der Waals surface area contributed by atoms with Crippen LogP contribution in [-0.2, 0) is 24.5 Å². The number of carbonyl (C=O) groups is 2. The van der Waals surface area contributed by atoms with E-state index < -0.39 is 23.0 Å². The maximum Gasteiger partial charge on any atom is 0.331 e. The molecule has 0 N–H and O–H groups in total. The van der Waals surface area contributed by atoms with Gasteiger partial charge in [-0.25, -0.2) is 4.79 Å². The van der Waals surface area contributed by atoms with Crippen molar-refractivity contribution >= 4 is 27.9 Å². The molecule has 5 nitrogen and oxygen atoms in total. The molecule has 0 fully saturated rings. The van der Waals surface area contributed by atoms with Crippen LogP contribution in [0.2, 0.25) is 0 Å². The smallest absolute Gasteiger partial charge is 0.331 e. The highest BCUT2D eigenvalue weighted by Gasteiger charge is 2.44. The van der Waals surface area contributed by atoms with Crippen LogP contribution in [0.15, 0.2) is 28.7 Å². The van der Waals surface area contributed by atoms with Crippen LogP contribution in [0, 0.1) is 11.3 Å². The first-order valence-corrected chi connectivity index (χ1v) is 8.50. The molecule has 0 aliphatic rings. The van der Waals surface area contributed by atoms with Crippen molar-refractivity contribution in [1.29, 1.82) is 5.26 Å².